The molecule has 1 heterocycles. The number of rotatable bonds is 2. The van der Waals surface area contributed by atoms with Gasteiger partial charge < -0.3 is 10.2 Å². The van der Waals surface area contributed by atoms with Crippen LogP contribution in [0.5, 0.6) is 0 Å². The Labute approximate surface area is 111 Å². The minimum absolute atomic E-state index is 0.666. The van der Waals surface area contributed by atoms with Gasteiger partial charge in [0.25, 0.3) is 0 Å². The molecule has 1 spiro atoms. The van der Waals surface area contributed by atoms with Crippen molar-refractivity contribution < 1.29 is 0 Å². The van der Waals surface area contributed by atoms with Crippen LogP contribution in [0.4, 0.5) is 0 Å². The van der Waals surface area contributed by atoms with E-state index in [0.29, 0.717) is 11.3 Å². The molecule has 0 atom stereocenters. The lowest BCUT2D eigenvalue weighted by Crippen LogP contribution is -2.47. The molecule has 1 aliphatic carbocycles. The zero-order chi connectivity index (χ0) is 12.3. The van der Waals surface area contributed by atoms with Crippen LogP contribution in [0.1, 0.15) is 52.4 Å². The number of likely N-dealkylation sites (tertiary alicyclic amines) is 1. The van der Waals surface area contributed by atoms with Gasteiger partial charge in [0, 0.05) is 19.6 Å². The van der Waals surface area contributed by atoms with Crippen molar-refractivity contribution in [3.63, 3.8) is 0 Å². The van der Waals surface area contributed by atoms with E-state index in [2.05, 4.69) is 24.1 Å². The summed E-state index contributed by atoms with van der Waals surface area (Å²) in [6.07, 6.45) is 8.55. The van der Waals surface area contributed by atoms with Gasteiger partial charge in [-0.3, -0.25) is 0 Å². The second-order valence-corrected chi connectivity index (χ2v) is 6.66. The summed E-state index contributed by atoms with van der Waals surface area (Å²) in [7, 11) is 0. The van der Waals surface area contributed by atoms with Crippen molar-refractivity contribution >= 4 is 17.3 Å². The quantitative estimate of drug-likeness (QED) is 0.762. The molecule has 1 N–H and O–H groups in total. The number of thiocarbonyl (C=S) groups is 1. The monoisotopic (exact) mass is 254 g/mol. The zero-order valence-corrected chi connectivity index (χ0v) is 12.1. The fourth-order valence-corrected chi connectivity index (χ4v) is 3.48. The fourth-order valence-electron chi connectivity index (χ4n) is 3.21. The molecule has 0 aromatic heterocycles. The summed E-state index contributed by atoms with van der Waals surface area (Å²) in [6.45, 7) is 7.78. The zero-order valence-electron chi connectivity index (χ0n) is 11.3. The van der Waals surface area contributed by atoms with Crippen molar-refractivity contribution in [3.8, 4) is 0 Å². The summed E-state index contributed by atoms with van der Waals surface area (Å²) in [6, 6.07) is 0. The van der Waals surface area contributed by atoms with Crippen LogP contribution in [0.25, 0.3) is 0 Å². The summed E-state index contributed by atoms with van der Waals surface area (Å²) < 4.78 is 0. The number of nitrogens with one attached hydrogen (secondary N) is 1. The van der Waals surface area contributed by atoms with Gasteiger partial charge in [0.1, 0.15) is 0 Å². The van der Waals surface area contributed by atoms with Crippen LogP contribution in [0.3, 0.4) is 0 Å². The van der Waals surface area contributed by atoms with Crippen molar-refractivity contribution in [1.82, 2.24) is 10.2 Å². The molecular weight excluding hydrogens is 228 g/mol. The van der Waals surface area contributed by atoms with Gasteiger partial charge in [0.15, 0.2) is 5.11 Å². The summed E-state index contributed by atoms with van der Waals surface area (Å²) in [5, 5.41) is 4.37. The molecular formula is C14H26N2S. The minimum Gasteiger partial charge on any atom is -0.362 e. The van der Waals surface area contributed by atoms with Gasteiger partial charge in [-0.2, -0.15) is 0 Å². The molecule has 1 saturated heterocycles. The average Bonchev–Trinajstić information content (AvgIpc) is 2.75. The van der Waals surface area contributed by atoms with Crippen LogP contribution >= 0.6 is 12.2 Å². The highest BCUT2D eigenvalue weighted by molar-refractivity contribution is 7.80. The van der Waals surface area contributed by atoms with Gasteiger partial charge in [-0.1, -0.05) is 26.7 Å². The molecule has 0 aromatic carbocycles. The number of piperidine rings is 1. The van der Waals surface area contributed by atoms with Crippen molar-refractivity contribution in [2.75, 3.05) is 19.6 Å². The van der Waals surface area contributed by atoms with E-state index in [1.165, 1.54) is 51.6 Å². The van der Waals surface area contributed by atoms with E-state index in [4.69, 9.17) is 12.2 Å². The first-order valence-corrected chi connectivity index (χ1v) is 7.55. The molecule has 0 aromatic rings. The van der Waals surface area contributed by atoms with E-state index in [1.807, 2.05) is 0 Å². The van der Waals surface area contributed by atoms with Crippen LogP contribution < -0.4 is 5.32 Å². The average molecular weight is 254 g/mol. The van der Waals surface area contributed by atoms with Crippen molar-refractivity contribution in [2.45, 2.75) is 52.4 Å². The van der Waals surface area contributed by atoms with Gasteiger partial charge in [-0.15, -0.1) is 0 Å². The highest BCUT2D eigenvalue weighted by Crippen LogP contribution is 2.46. The van der Waals surface area contributed by atoms with Crippen LogP contribution in [-0.2, 0) is 0 Å². The molecule has 2 nitrogen and oxygen atoms in total. The number of hydrogen-bond donors (Lipinski definition) is 1. The third-order valence-corrected chi connectivity index (χ3v) is 4.84. The van der Waals surface area contributed by atoms with E-state index in [9.17, 15) is 0 Å². The first-order valence-electron chi connectivity index (χ1n) is 7.14. The predicted molar refractivity (Wildman–Crippen MR) is 77.1 cm³/mol. The highest BCUT2D eigenvalue weighted by atomic mass is 32.1. The van der Waals surface area contributed by atoms with E-state index < -0.39 is 0 Å². The predicted octanol–water partition coefficient (Wildman–Crippen LogP) is 3.17. The topological polar surface area (TPSA) is 15.3 Å². The van der Waals surface area contributed by atoms with E-state index in [1.54, 1.807) is 0 Å². The Morgan fingerprint density at radius 3 is 2.29 bits per heavy atom. The van der Waals surface area contributed by atoms with Crippen molar-refractivity contribution in [3.05, 3.63) is 0 Å². The second-order valence-electron chi connectivity index (χ2n) is 6.27. The molecule has 3 heteroatoms. The summed E-state index contributed by atoms with van der Waals surface area (Å²) in [5.74, 6) is 0.666. The fraction of sp³-hybridized carbons (Fsp3) is 0.929. The Bertz CT molecular complexity index is 259. The van der Waals surface area contributed by atoms with Crippen LogP contribution in [-0.4, -0.2) is 29.6 Å². The Hall–Kier alpha value is -0.310. The Balaban J connectivity index is 1.76. The Kier molecular flexibility index (Phi) is 4.29. The van der Waals surface area contributed by atoms with Crippen LogP contribution in [0, 0.1) is 11.3 Å². The van der Waals surface area contributed by atoms with E-state index in [0.717, 1.165) is 11.7 Å². The number of hydrogen-bond acceptors (Lipinski definition) is 1. The first kappa shape index (κ1) is 13.1. The van der Waals surface area contributed by atoms with E-state index in [-0.39, 0.29) is 0 Å². The normalized spacial score (nSPS) is 23.4. The van der Waals surface area contributed by atoms with Gasteiger partial charge in [0.05, 0.1) is 0 Å². The molecule has 2 rings (SSSR count). The third kappa shape index (κ3) is 3.34. The molecule has 2 fully saturated rings. The van der Waals surface area contributed by atoms with Crippen molar-refractivity contribution in [1.29, 1.82) is 0 Å². The molecule has 98 valence electrons. The van der Waals surface area contributed by atoms with Gasteiger partial charge in [-0.05, 0) is 49.2 Å². The summed E-state index contributed by atoms with van der Waals surface area (Å²) >= 11 is 5.47. The SMILES string of the molecule is CC(C)CNC(=S)N1CCC2(CCCC2)CC1. The largest absolute Gasteiger partial charge is 0.362 e. The molecule has 0 bridgehead atoms. The number of nitrogens with zero attached hydrogens (tertiary/aromatic N) is 1. The summed E-state index contributed by atoms with van der Waals surface area (Å²) in [4.78, 5) is 2.38. The first-order chi connectivity index (χ1) is 8.11. The maximum Gasteiger partial charge on any atom is 0.168 e. The maximum atomic E-state index is 5.47. The lowest BCUT2D eigenvalue weighted by molar-refractivity contribution is 0.153. The van der Waals surface area contributed by atoms with E-state index >= 15 is 0 Å². The smallest absolute Gasteiger partial charge is 0.168 e. The van der Waals surface area contributed by atoms with Crippen LogP contribution in [0.2, 0.25) is 0 Å². The van der Waals surface area contributed by atoms with Gasteiger partial charge in [-0.25, -0.2) is 0 Å². The molecule has 0 amide bonds. The second kappa shape index (κ2) is 5.55. The minimum atomic E-state index is 0.666. The Morgan fingerprint density at radius 2 is 1.76 bits per heavy atom. The van der Waals surface area contributed by atoms with Gasteiger partial charge >= 0.3 is 0 Å². The molecule has 2 aliphatic rings. The molecule has 0 radical (unpaired) electrons. The standard InChI is InChI=1S/C14H26N2S/c1-12(2)11-15-13(17)16-9-7-14(8-10-16)5-3-4-6-14/h12H,3-11H2,1-2H3,(H,15,17). The molecule has 0 unspecified atom stereocenters. The van der Waals surface area contributed by atoms with Crippen molar-refractivity contribution in [2.24, 2.45) is 11.3 Å². The molecule has 17 heavy (non-hydrogen) atoms. The van der Waals surface area contributed by atoms with Crippen LogP contribution in [0.15, 0.2) is 0 Å². The van der Waals surface area contributed by atoms with Gasteiger partial charge in [0.2, 0.25) is 0 Å². The maximum absolute atomic E-state index is 5.47. The highest BCUT2D eigenvalue weighted by Gasteiger charge is 2.37. The summed E-state index contributed by atoms with van der Waals surface area (Å²) in [5.41, 5.74) is 0.699. The molecule has 1 saturated carbocycles. The lowest BCUT2D eigenvalue weighted by atomic mass is 9.77. The molecule has 1 aliphatic heterocycles. The lowest BCUT2D eigenvalue weighted by Gasteiger charge is -2.40. The third-order valence-electron chi connectivity index (χ3n) is 4.44. The Morgan fingerprint density at radius 1 is 1.18 bits per heavy atom.